The number of benzene rings is 3. The van der Waals surface area contributed by atoms with Crippen LogP contribution in [0.1, 0.15) is 22.9 Å². The lowest BCUT2D eigenvalue weighted by molar-refractivity contribution is -0.131. The Morgan fingerprint density at radius 1 is 0.951 bits per heavy atom. The molecule has 1 atom stereocenters. The van der Waals surface area contributed by atoms with E-state index >= 15 is 0 Å². The van der Waals surface area contributed by atoms with E-state index in [0.717, 1.165) is 21.3 Å². The maximum Gasteiger partial charge on any atom is 0.265 e. The van der Waals surface area contributed by atoms with Crippen molar-refractivity contribution >= 4 is 49.4 Å². The summed E-state index contributed by atoms with van der Waals surface area (Å²) in [5.74, 6) is -1.56. The molecule has 3 heterocycles. The zero-order valence-electron chi connectivity index (χ0n) is 21.4. The lowest BCUT2D eigenvalue weighted by Gasteiger charge is -2.28. The van der Waals surface area contributed by atoms with Crippen molar-refractivity contribution in [1.29, 1.82) is 0 Å². The highest BCUT2D eigenvalue weighted by atomic mass is 32.2. The van der Waals surface area contributed by atoms with Gasteiger partial charge in [0.25, 0.3) is 15.9 Å². The van der Waals surface area contributed by atoms with E-state index in [2.05, 4.69) is 10.1 Å². The Labute approximate surface area is 239 Å². The Kier molecular flexibility index (Phi) is 7.06. The van der Waals surface area contributed by atoms with E-state index in [1.165, 1.54) is 52.9 Å². The second-order valence-corrected chi connectivity index (χ2v) is 12.2. The third-order valence-corrected chi connectivity index (χ3v) is 9.58. The monoisotopic (exact) mass is 588 g/mol. The fourth-order valence-electron chi connectivity index (χ4n) is 4.83. The van der Waals surface area contributed by atoms with Gasteiger partial charge in [-0.2, -0.15) is 5.10 Å². The van der Waals surface area contributed by atoms with Gasteiger partial charge in [0.2, 0.25) is 0 Å². The number of halogens is 2. The van der Waals surface area contributed by atoms with Crippen LogP contribution in [0, 0.1) is 11.6 Å². The van der Waals surface area contributed by atoms with Crippen molar-refractivity contribution in [1.82, 2.24) is 9.99 Å². The van der Waals surface area contributed by atoms with Crippen molar-refractivity contribution in [3.8, 4) is 0 Å². The van der Waals surface area contributed by atoms with Gasteiger partial charge in [-0.05, 0) is 65.5 Å². The first-order chi connectivity index (χ1) is 19.8. The molecule has 1 aliphatic rings. The second-order valence-electron chi connectivity index (χ2n) is 9.37. The number of carbonyl (C=O) groups is 1. The molecule has 5 aromatic rings. The zero-order chi connectivity index (χ0) is 28.6. The number of sulfonamides is 1. The van der Waals surface area contributed by atoms with Crippen molar-refractivity contribution in [2.75, 3.05) is 10.8 Å². The van der Waals surface area contributed by atoms with Crippen molar-refractivity contribution in [2.24, 2.45) is 5.10 Å². The van der Waals surface area contributed by atoms with Gasteiger partial charge in [0.05, 0.1) is 27.2 Å². The smallest absolute Gasteiger partial charge is 0.265 e. The first-order valence-electron chi connectivity index (χ1n) is 12.6. The van der Waals surface area contributed by atoms with Gasteiger partial charge in [0.15, 0.2) is 0 Å². The molecule has 1 amide bonds. The van der Waals surface area contributed by atoms with Crippen LogP contribution < -0.4 is 4.31 Å². The molecular formula is C30H22F2N4O3S2. The summed E-state index contributed by atoms with van der Waals surface area (Å²) in [5, 5.41) is 8.82. The summed E-state index contributed by atoms with van der Waals surface area (Å²) in [5.41, 5.74) is 1.44. The third-order valence-electron chi connectivity index (χ3n) is 6.83. The summed E-state index contributed by atoms with van der Waals surface area (Å²) in [7, 11) is -4.32. The highest BCUT2D eigenvalue weighted by molar-refractivity contribution is 7.93. The largest absolute Gasteiger partial charge is 0.271 e. The van der Waals surface area contributed by atoms with Crippen LogP contribution in [0.3, 0.4) is 0 Å². The molecule has 0 spiro atoms. The first-order valence-corrected chi connectivity index (χ1v) is 14.9. The normalized spacial score (nSPS) is 15.2. The SMILES string of the molecule is O=C(CN(c1ccc(F)cc1)S(=O)(=O)c1cccc2cnccc12)N1N=C(c2cccs2)CC1c1ccc(F)cc1. The Balaban J connectivity index is 1.42. The summed E-state index contributed by atoms with van der Waals surface area (Å²) in [6.45, 7) is -0.603. The highest BCUT2D eigenvalue weighted by Crippen LogP contribution is 2.35. The van der Waals surface area contributed by atoms with Crippen molar-refractivity contribution in [3.63, 3.8) is 0 Å². The van der Waals surface area contributed by atoms with E-state index < -0.39 is 40.2 Å². The molecule has 1 unspecified atom stereocenters. The fourth-order valence-corrected chi connectivity index (χ4v) is 7.18. The third kappa shape index (κ3) is 5.21. The Bertz CT molecular complexity index is 1860. The summed E-state index contributed by atoms with van der Waals surface area (Å²) >= 11 is 1.47. The molecule has 0 aliphatic carbocycles. The molecule has 0 saturated heterocycles. The standard InChI is InChI=1S/C30H22F2N4O3S2/c31-22-8-6-20(7-9-22)27-17-26(28-4-2-16-40-28)34-36(27)30(37)19-35(24-12-10-23(32)11-13-24)41(38,39)29-5-1-3-21-18-33-15-14-25(21)29/h1-16,18,27H,17,19H2. The van der Waals surface area contributed by atoms with E-state index in [1.54, 1.807) is 36.5 Å². The van der Waals surface area contributed by atoms with Gasteiger partial charge in [-0.25, -0.2) is 22.2 Å². The van der Waals surface area contributed by atoms with Crippen molar-refractivity contribution in [3.05, 3.63) is 125 Å². The minimum atomic E-state index is -4.32. The van der Waals surface area contributed by atoms with Gasteiger partial charge < -0.3 is 0 Å². The van der Waals surface area contributed by atoms with Crippen molar-refractivity contribution in [2.45, 2.75) is 17.4 Å². The summed E-state index contributed by atoms with van der Waals surface area (Å²) in [6, 6.07) is 20.3. The van der Waals surface area contributed by atoms with Crippen LogP contribution in [0.25, 0.3) is 10.8 Å². The van der Waals surface area contributed by atoms with Crippen LogP contribution in [-0.4, -0.2) is 36.6 Å². The maximum absolute atomic E-state index is 14.2. The molecule has 41 heavy (non-hydrogen) atoms. The van der Waals surface area contributed by atoms with Crippen LogP contribution in [0.5, 0.6) is 0 Å². The van der Waals surface area contributed by atoms with E-state index in [1.807, 2.05) is 17.5 Å². The molecule has 0 saturated carbocycles. The molecule has 206 valence electrons. The number of fused-ring (bicyclic) bond motifs is 1. The number of amides is 1. The van der Waals surface area contributed by atoms with E-state index in [9.17, 15) is 22.0 Å². The number of rotatable bonds is 7. The lowest BCUT2D eigenvalue weighted by atomic mass is 10.0. The van der Waals surface area contributed by atoms with Crippen LogP contribution in [-0.2, 0) is 14.8 Å². The van der Waals surface area contributed by atoms with Gasteiger partial charge >= 0.3 is 0 Å². The average molecular weight is 589 g/mol. The molecule has 1 aliphatic heterocycles. The van der Waals surface area contributed by atoms with Crippen LogP contribution >= 0.6 is 11.3 Å². The highest BCUT2D eigenvalue weighted by Gasteiger charge is 2.37. The Morgan fingerprint density at radius 3 is 2.39 bits per heavy atom. The Morgan fingerprint density at radius 2 is 1.68 bits per heavy atom. The maximum atomic E-state index is 14.2. The first kappa shape index (κ1) is 26.7. The van der Waals surface area contributed by atoms with Gasteiger partial charge in [-0.3, -0.25) is 14.1 Å². The molecule has 0 N–H and O–H groups in total. The molecule has 0 radical (unpaired) electrons. The van der Waals surface area contributed by atoms with Crippen molar-refractivity contribution < 1.29 is 22.0 Å². The summed E-state index contributed by atoms with van der Waals surface area (Å²) in [4.78, 5) is 18.9. The molecule has 11 heteroatoms. The second kappa shape index (κ2) is 10.8. The molecule has 2 aromatic heterocycles. The number of nitrogens with zero attached hydrogens (tertiary/aromatic N) is 4. The molecular weight excluding hydrogens is 566 g/mol. The van der Waals surface area contributed by atoms with Gasteiger partial charge in [0, 0.05) is 29.6 Å². The zero-order valence-corrected chi connectivity index (χ0v) is 23.0. The molecule has 7 nitrogen and oxygen atoms in total. The number of pyridine rings is 1. The minimum absolute atomic E-state index is 0.0196. The van der Waals surface area contributed by atoms with E-state index in [0.29, 0.717) is 28.5 Å². The van der Waals surface area contributed by atoms with Crippen LogP contribution in [0.4, 0.5) is 14.5 Å². The molecule has 0 fully saturated rings. The number of hydrogen-bond acceptors (Lipinski definition) is 6. The molecule has 6 rings (SSSR count). The molecule has 3 aromatic carbocycles. The predicted octanol–water partition coefficient (Wildman–Crippen LogP) is 6.15. The number of aromatic nitrogens is 1. The fraction of sp³-hybridized carbons (Fsp3) is 0.100. The number of hydrazone groups is 1. The number of hydrogen-bond donors (Lipinski definition) is 0. The van der Waals surface area contributed by atoms with Crippen LogP contribution in [0.2, 0.25) is 0 Å². The number of thiophene rings is 1. The topological polar surface area (TPSA) is 82.9 Å². The molecule has 0 bridgehead atoms. The lowest BCUT2D eigenvalue weighted by Crippen LogP contribution is -2.41. The average Bonchev–Trinajstić information content (AvgIpc) is 3.67. The van der Waals surface area contributed by atoms with E-state index in [4.69, 9.17) is 0 Å². The van der Waals surface area contributed by atoms with Crippen LogP contribution in [0.15, 0.2) is 113 Å². The quantitative estimate of drug-likeness (QED) is 0.229. The van der Waals surface area contributed by atoms with Gasteiger partial charge in [0.1, 0.15) is 18.2 Å². The van der Waals surface area contributed by atoms with E-state index in [-0.39, 0.29) is 10.6 Å². The number of carbonyl (C=O) groups excluding carboxylic acids is 1. The van der Waals surface area contributed by atoms with Gasteiger partial charge in [-0.1, -0.05) is 30.3 Å². The van der Waals surface area contributed by atoms with Gasteiger partial charge in [-0.15, -0.1) is 11.3 Å². The predicted molar refractivity (Wildman–Crippen MR) is 154 cm³/mol. The number of anilines is 1. The Hall–Kier alpha value is -4.48. The summed E-state index contributed by atoms with van der Waals surface area (Å²) < 4.78 is 56.9. The summed E-state index contributed by atoms with van der Waals surface area (Å²) in [6.07, 6.45) is 3.42. The minimum Gasteiger partial charge on any atom is -0.271 e.